The van der Waals surface area contributed by atoms with Crippen LogP contribution in [0.5, 0.6) is 6.01 Å². The molecule has 0 spiro atoms. The Labute approximate surface area is 87.1 Å². The average molecular weight is 215 g/mol. The van der Waals surface area contributed by atoms with Crippen molar-refractivity contribution in [1.82, 2.24) is 15.0 Å². The summed E-state index contributed by atoms with van der Waals surface area (Å²) in [4.78, 5) is 14.1. The molecule has 6 heteroatoms. The highest BCUT2D eigenvalue weighted by Crippen LogP contribution is 2.18. The molecule has 1 aliphatic rings. The summed E-state index contributed by atoms with van der Waals surface area (Å²) < 4.78 is 4.92. The first-order valence-corrected chi connectivity index (χ1v) is 4.88. The van der Waals surface area contributed by atoms with Gasteiger partial charge < -0.3 is 9.64 Å². The molecular weight excluding hydrogens is 204 g/mol. The second kappa shape index (κ2) is 3.96. The summed E-state index contributed by atoms with van der Waals surface area (Å²) in [5, 5.41) is 0.179. The van der Waals surface area contributed by atoms with Crippen LogP contribution in [-0.4, -0.2) is 35.2 Å². The molecular formula is C8H11ClN4O. The summed E-state index contributed by atoms with van der Waals surface area (Å²) in [6.07, 6.45) is 2.34. The van der Waals surface area contributed by atoms with Crippen LogP contribution in [0.3, 0.4) is 0 Å². The molecule has 5 nitrogen and oxygen atoms in total. The zero-order valence-electron chi connectivity index (χ0n) is 7.90. The molecule has 76 valence electrons. The van der Waals surface area contributed by atoms with Crippen molar-refractivity contribution in [2.45, 2.75) is 12.8 Å². The van der Waals surface area contributed by atoms with E-state index in [2.05, 4.69) is 19.9 Å². The molecule has 0 amide bonds. The van der Waals surface area contributed by atoms with E-state index >= 15 is 0 Å². The number of ether oxygens (including phenoxy) is 1. The summed E-state index contributed by atoms with van der Waals surface area (Å²) in [6, 6.07) is 0.270. The van der Waals surface area contributed by atoms with E-state index in [1.165, 1.54) is 20.0 Å². The van der Waals surface area contributed by atoms with Crippen molar-refractivity contribution in [3.63, 3.8) is 0 Å². The van der Waals surface area contributed by atoms with Crippen LogP contribution in [0, 0.1) is 0 Å². The number of hydrogen-bond acceptors (Lipinski definition) is 5. The van der Waals surface area contributed by atoms with Crippen molar-refractivity contribution in [3.8, 4) is 6.01 Å². The second-order valence-electron chi connectivity index (χ2n) is 3.09. The molecule has 1 aromatic heterocycles. The average Bonchev–Trinajstić information content (AvgIpc) is 2.69. The van der Waals surface area contributed by atoms with Gasteiger partial charge in [-0.15, -0.1) is 0 Å². The Morgan fingerprint density at radius 3 is 2.57 bits per heavy atom. The minimum absolute atomic E-state index is 0.179. The summed E-state index contributed by atoms with van der Waals surface area (Å²) >= 11 is 5.74. The van der Waals surface area contributed by atoms with Gasteiger partial charge >= 0.3 is 6.01 Å². The Morgan fingerprint density at radius 2 is 1.93 bits per heavy atom. The van der Waals surface area contributed by atoms with E-state index in [0.717, 1.165) is 13.1 Å². The molecule has 1 aromatic rings. The van der Waals surface area contributed by atoms with Crippen LogP contribution in [-0.2, 0) is 0 Å². The minimum atomic E-state index is 0.179. The normalized spacial score (nSPS) is 16.0. The van der Waals surface area contributed by atoms with Gasteiger partial charge in [-0.25, -0.2) is 0 Å². The fraction of sp³-hybridized carbons (Fsp3) is 0.625. The minimum Gasteiger partial charge on any atom is -0.467 e. The van der Waals surface area contributed by atoms with Gasteiger partial charge in [0.05, 0.1) is 7.11 Å². The zero-order valence-corrected chi connectivity index (χ0v) is 8.66. The molecule has 2 rings (SSSR count). The fourth-order valence-corrected chi connectivity index (χ4v) is 1.62. The highest BCUT2D eigenvalue weighted by atomic mass is 35.5. The van der Waals surface area contributed by atoms with Crippen LogP contribution < -0.4 is 9.64 Å². The van der Waals surface area contributed by atoms with Crippen LogP contribution in [0.25, 0.3) is 0 Å². The van der Waals surface area contributed by atoms with Gasteiger partial charge in [-0.2, -0.15) is 15.0 Å². The second-order valence-corrected chi connectivity index (χ2v) is 3.42. The van der Waals surface area contributed by atoms with Crippen molar-refractivity contribution in [2.24, 2.45) is 0 Å². The van der Waals surface area contributed by atoms with Gasteiger partial charge in [-0.05, 0) is 24.4 Å². The quantitative estimate of drug-likeness (QED) is 0.739. The molecule has 0 aliphatic carbocycles. The third-order valence-electron chi connectivity index (χ3n) is 2.15. The maximum Gasteiger partial charge on any atom is 0.322 e. The number of halogens is 1. The van der Waals surface area contributed by atoms with Gasteiger partial charge in [0.1, 0.15) is 0 Å². The Morgan fingerprint density at radius 1 is 1.21 bits per heavy atom. The number of hydrogen-bond donors (Lipinski definition) is 0. The van der Waals surface area contributed by atoms with E-state index in [4.69, 9.17) is 16.3 Å². The predicted molar refractivity (Wildman–Crippen MR) is 52.8 cm³/mol. The van der Waals surface area contributed by atoms with Crippen LogP contribution in [0.1, 0.15) is 12.8 Å². The SMILES string of the molecule is COc1nc(Cl)nc(N2CCCC2)n1. The lowest BCUT2D eigenvalue weighted by Gasteiger charge is -2.14. The molecule has 0 atom stereocenters. The lowest BCUT2D eigenvalue weighted by atomic mass is 10.4. The summed E-state index contributed by atoms with van der Waals surface area (Å²) in [5.41, 5.74) is 0. The largest absolute Gasteiger partial charge is 0.467 e. The first kappa shape index (κ1) is 9.45. The van der Waals surface area contributed by atoms with Gasteiger partial charge in [0.25, 0.3) is 0 Å². The number of methoxy groups -OCH3 is 1. The number of aromatic nitrogens is 3. The number of rotatable bonds is 2. The highest BCUT2D eigenvalue weighted by molar-refractivity contribution is 6.28. The molecule has 0 aromatic carbocycles. The number of nitrogens with zero attached hydrogens (tertiary/aromatic N) is 4. The Kier molecular flexibility index (Phi) is 2.67. The molecule has 0 N–H and O–H groups in total. The van der Waals surface area contributed by atoms with Gasteiger partial charge in [-0.3, -0.25) is 0 Å². The van der Waals surface area contributed by atoms with Crippen molar-refractivity contribution in [3.05, 3.63) is 5.28 Å². The third-order valence-corrected chi connectivity index (χ3v) is 2.32. The maximum atomic E-state index is 5.74. The lowest BCUT2D eigenvalue weighted by Crippen LogP contribution is -2.21. The topological polar surface area (TPSA) is 51.1 Å². The fourth-order valence-electron chi connectivity index (χ4n) is 1.47. The van der Waals surface area contributed by atoms with E-state index < -0.39 is 0 Å². The van der Waals surface area contributed by atoms with Crippen molar-refractivity contribution < 1.29 is 4.74 Å². The van der Waals surface area contributed by atoms with E-state index in [1.54, 1.807) is 0 Å². The van der Waals surface area contributed by atoms with Gasteiger partial charge in [0.15, 0.2) is 0 Å². The van der Waals surface area contributed by atoms with E-state index in [-0.39, 0.29) is 11.3 Å². The molecule has 1 saturated heterocycles. The summed E-state index contributed by atoms with van der Waals surface area (Å²) in [6.45, 7) is 1.95. The monoisotopic (exact) mass is 214 g/mol. The Balaban J connectivity index is 2.27. The molecule has 0 saturated carbocycles. The Hall–Kier alpha value is -1.10. The van der Waals surface area contributed by atoms with Crippen molar-refractivity contribution >= 4 is 17.5 Å². The maximum absolute atomic E-state index is 5.74. The number of anilines is 1. The van der Waals surface area contributed by atoms with Gasteiger partial charge in [0, 0.05) is 13.1 Å². The van der Waals surface area contributed by atoms with E-state index in [9.17, 15) is 0 Å². The Bertz CT molecular complexity index is 327. The van der Waals surface area contributed by atoms with E-state index in [0.29, 0.717) is 5.95 Å². The molecule has 0 radical (unpaired) electrons. The first-order chi connectivity index (χ1) is 6.79. The smallest absolute Gasteiger partial charge is 0.322 e. The molecule has 0 bridgehead atoms. The van der Waals surface area contributed by atoms with E-state index in [1.807, 2.05) is 0 Å². The van der Waals surface area contributed by atoms with Gasteiger partial charge in [0.2, 0.25) is 11.2 Å². The highest BCUT2D eigenvalue weighted by Gasteiger charge is 2.16. The standard InChI is InChI=1S/C8H11ClN4O/c1-14-8-11-6(9)10-7(12-8)13-4-2-3-5-13/h2-5H2,1H3. The van der Waals surface area contributed by atoms with Crippen LogP contribution in [0.15, 0.2) is 0 Å². The first-order valence-electron chi connectivity index (χ1n) is 4.50. The van der Waals surface area contributed by atoms with Crippen LogP contribution >= 0.6 is 11.6 Å². The zero-order chi connectivity index (χ0) is 9.97. The van der Waals surface area contributed by atoms with Crippen LogP contribution in [0.4, 0.5) is 5.95 Å². The molecule has 14 heavy (non-hydrogen) atoms. The molecule has 1 aliphatic heterocycles. The third kappa shape index (κ3) is 1.87. The summed E-state index contributed by atoms with van der Waals surface area (Å²) in [5.74, 6) is 0.611. The summed E-state index contributed by atoms with van der Waals surface area (Å²) in [7, 11) is 1.51. The predicted octanol–water partition coefficient (Wildman–Crippen LogP) is 1.13. The van der Waals surface area contributed by atoms with Crippen molar-refractivity contribution in [2.75, 3.05) is 25.1 Å². The molecule has 0 unspecified atom stereocenters. The molecule has 2 heterocycles. The molecule has 1 fully saturated rings. The van der Waals surface area contributed by atoms with Gasteiger partial charge in [-0.1, -0.05) is 0 Å². The van der Waals surface area contributed by atoms with Crippen molar-refractivity contribution in [1.29, 1.82) is 0 Å². The van der Waals surface area contributed by atoms with Crippen LogP contribution in [0.2, 0.25) is 5.28 Å². The lowest BCUT2D eigenvalue weighted by molar-refractivity contribution is 0.378.